The van der Waals surface area contributed by atoms with Gasteiger partial charge in [-0.05, 0) is 48.1 Å². The van der Waals surface area contributed by atoms with E-state index >= 15 is 0 Å². The number of benzene rings is 2. The molecule has 0 bridgehead atoms. The maximum absolute atomic E-state index is 3.45. The van der Waals surface area contributed by atoms with Gasteiger partial charge in [0.15, 0.2) is 0 Å². The minimum atomic E-state index is 0.219. The van der Waals surface area contributed by atoms with Crippen LogP contribution in [-0.4, -0.2) is 7.05 Å². The molecule has 112 valence electrons. The molecule has 21 heavy (non-hydrogen) atoms. The summed E-state index contributed by atoms with van der Waals surface area (Å²) in [5, 5.41) is 3.45. The van der Waals surface area contributed by atoms with Gasteiger partial charge in [-0.1, -0.05) is 69.3 Å². The molecule has 0 aliphatic heterocycles. The highest BCUT2D eigenvalue weighted by molar-refractivity contribution is 5.32. The van der Waals surface area contributed by atoms with Crippen molar-refractivity contribution in [2.75, 3.05) is 7.05 Å². The lowest BCUT2D eigenvalue weighted by molar-refractivity contribution is 0.582. The minimum absolute atomic E-state index is 0.219. The number of rotatable bonds is 4. The third-order valence-corrected chi connectivity index (χ3v) is 4.17. The molecule has 0 saturated heterocycles. The molecule has 2 rings (SSSR count). The molecule has 0 aromatic heterocycles. The molecule has 1 unspecified atom stereocenters. The molecule has 0 aliphatic rings. The predicted octanol–water partition coefficient (Wildman–Crippen LogP) is 4.80. The molecule has 0 aliphatic carbocycles. The molecule has 0 saturated carbocycles. The highest BCUT2D eigenvalue weighted by atomic mass is 14.9. The van der Waals surface area contributed by atoms with E-state index in [1.807, 2.05) is 7.05 Å². The average Bonchev–Trinajstić information content (AvgIpc) is 2.45. The molecule has 1 heteroatoms. The van der Waals surface area contributed by atoms with Crippen molar-refractivity contribution in [3.8, 4) is 0 Å². The van der Waals surface area contributed by atoms with Gasteiger partial charge < -0.3 is 5.32 Å². The van der Waals surface area contributed by atoms with Crippen LogP contribution in [0.1, 0.15) is 49.1 Å². The molecule has 0 amide bonds. The largest absolute Gasteiger partial charge is 0.313 e. The van der Waals surface area contributed by atoms with Gasteiger partial charge in [0, 0.05) is 6.04 Å². The van der Waals surface area contributed by atoms with Crippen molar-refractivity contribution in [2.45, 2.75) is 45.6 Å². The Morgan fingerprint density at radius 1 is 0.952 bits per heavy atom. The van der Waals surface area contributed by atoms with Crippen molar-refractivity contribution in [2.24, 2.45) is 0 Å². The maximum Gasteiger partial charge on any atom is 0.0361 e. The van der Waals surface area contributed by atoms with Crippen LogP contribution in [0, 0.1) is 6.92 Å². The molecular formula is C20H27N. The lowest BCUT2D eigenvalue weighted by Gasteiger charge is -2.21. The highest BCUT2D eigenvalue weighted by Crippen LogP contribution is 2.25. The fourth-order valence-electron chi connectivity index (χ4n) is 2.72. The van der Waals surface area contributed by atoms with E-state index in [0.29, 0.717) is 6.04 Å². The summed E-state index contributed by atoms with van der Waals surface area (Å²) in [6, 6.07) is 18.1. The van der Waals surface area contributed by atoms with Crippen molar-refractivity contribution >= 4 is 0 Å². The SMILES string of the molecule is CNC(Cc1ccc(C(C)(C)C)cc1)c1ccccc1C. The smallest absolute Gasteiger partial charge is 0.0361 e. The number of nitrogens with one attached hydrogen (secondary N) is 1. The van der Waals surface area contributed by atoms with Gasteiger partial charge in [0.25, 0.3) is 0 Å². The number of hydrogen-bond acceptors (Lipinski definition) is 1. The second kappa shape index (κ2) is 6.44. The number of aryl methyl sites for hydroxylation is 1. The standard InChI is InChI=1S/C20H27N/c1-15-8-6-7-9-18(15)19(21-5)14-16-10-12-17(13-11-16)20(2,3)4/h6-13,19,21H,14H2,1-5H3. The van der Waals surface area contributed by atoms with Crippen LogP contribution in [0.5, 0.6) is 0 Å². The Labute approximate surface area is 129 Å². The molecule has 2 aromatic carbocycles. The van der Waals surface area contributed by atoms with E-state index in [1.54, 1.807) is 0 Å². The van der Waals surface area contributed by atoms with Crippen molar-refractivity contribution in [3.63, 3.8) is 0 Å². The lowest BCUT2D eigenvalue weighted by atomic mass is 9.86. The first-order valence-electron chi connectivity index (χ1n) is 7.74. The molecule has 1 nitrogen and oxygen atoms in total. The fraction of sp³-hybridized carbons (Fsp3) is 0.400. The van der Waals surface area contributed by atoms with Crippen LogP contribution in [0.2, 0.25) is 0 Å². The Bertz CT molecular complexity index is 576. The van der Waals surface area contributed by atoms with Crippen LogP contribution >= 0.6 is 0 Å². The van der Waals surface area contributed by atoms with Crippen LogP contribution < -0.4 is 5.32 Å². The molecule has 1 atom stereocenters. The van der Waals surface area contributed by atoms with Gasteiger partial charge >= 0.3 is 0 Å². The normalized spacial score (nSPS) is 13.2. The van der Waals surface area contributed by atoms with Crippen molar-refractivity contribution < 1.29 is 0 Å². The Balaban J connectivity index is 2.18. The Morgan fingerprint density at radius 2 is 1.57 bits per heavy atom. The van der Waals surface area contributed by atoms with Crippen molar-refractivity contribution in [1.29, 1.82) is 0 Å². The van der Waals surface area contributed by atoms with Crippen molar-refractivity contribution in [1.82, 2.24) is 5.32 Å². The first-order valence-corrected chi connectivity index (χ1v) is 7.74. The number of hydrogen-bond donors (Lipinski definition) is 1. The molecule has 0 heterocycles. The zero-order valence-electron chi connectivity index (χ0n) is 13.9. The second-order valence-corrected chi connectivity index (χ2v) is 6.85. The monoisotopic (exact) mass is 281 g/mol. The van der Waals surface area contributed by atoms with Gasteiger partial charge in [0.05, 0.1) is 0 Å². The Morgan fingerprint density at radius 3 is 2.10 bits per heavy atom. The van der Waals surface area contributed by atoms with E-state index in [2.05, 4.69) is 81.5 Å². The van der Waals surface area contributed by atoms with Crippen LogP contribution in [0.4, 0.5) is 0 Å². The van der Waals surface area contributed by atoms with E-state index in [-0.39, 0.29) is 5.41 Å². The third kappa shape index (κ3) is 3.95. The van der Waals surface area contributed by atoms with Gasteiger partial charge in [-0.2, -0.15) is 0 Å². The topological polar surface area (TPSA) is 12.0 Å². The van der Waals surface area contributed by atoms with Gasteiger partial charge in [-0.25, -0.2) is 0 Å². The number of likely N-dealkylation sites (N-methyl/N-ethyl adjacent to an activating group) is 1. The zero-order valence-corrected chi connectivity index (χ0v) is 13.9. The maximum atomic E-state index is 3.45. The van der Waals surface area contributed by atoms with E-state index in [4.69, 9.17) is 0 Å². The summed E-state index contributed by atoms with van der Waals surface area (Å²) in [4.78, 5) is 0. The van der Waals surface area contributed by atoms with Gasteiger partial charge in [0.1, 0.15) is 0 Å². The fourth-order valence-corrected chi connectivity index (χ4v) is 2.72. The van der Waals surface area contributed by atoms with Gasteiger partial charge in [0.2, 0.25) is 0 Å². The van der Waals surface area contributed by atoms with Gasteiger partial charge in [-0.15, -0.1) is 0 Å². The quantitative estimate of drug-likeness (QED) is 0.849. The average molecular weight is 281 g/mol. The molecule has 0 fully saturated rings. The van der Waals surface area contributed by atoms with E-state index in [0.717, 1.165) is 6.42 Å². The summed E-state index contributed by atoms with van der Waals surface area (Å²) in [6.07, 6.45) is 1.02. The second-order valence-electron chi connectivity index (χ2n) is 6.85. The summed E-state index contributed by atoms with van der Waals surface area (Å²) in [5.41, 5.74) is 5.73. The van der Waals surface area contributed by atoms with E-state index < -0.39 is 0 Å². The van der Waals surface area contributed by atoms with E-state index in [9.17, 15) is 0 Å². The molecular weight excluding hydrogens is 254 g/mol. The molecule has 0 radical (unpaired) electrons. The third-order valence-electron chi connectivity index (χ3n) is 4.17. The summed E-state index contributed by atoms with van der Waals surface area (Å²) in [7, 11) is 2.04. The summed E-state index contributed by atoms with van der Waals surface area (Å²) >= 11 is 0. The summed E-state index contributed by atoms with van der Waals surface area (Å²) in [6.45, 7) is 8.95. The lowest BCUT2D eigenvalue weighted by Crippen LogP contribution is -2.20. The molecule has 0 spiro atoms. The minimum Gasteiger partial charge on any atom is -0.313 e. The zero-order chi connectivity index (χ0) is 15.5. The molecule has 1 N–H and O–H groups in total. The summed E-state index contributed by atoms with van der Waals surface area (Å²) in [5.74, 6) is 0. The van der Waals surface area contributed by atoms with Crippen LogP contribution in [0.3, 0.4) is 0 Å². The molecule has 2 aromatic rings. The van der Waals surface area contributed by atoms with Crippen LogP contribution in [0.25, 0.3) is 0 Å². The predicted molar refractivity (Wildman–Crippen MR) is 91.8 cm³/mol. The Hall–Kier alpha value is -1.60. The van der Waals surface area contributed by atoms with Crippen LogP contribution in [-0.2, 0) is 11.8 Å². The summed E-state index contributed by atoms with van der Waals surface area (Å²) < 4.78 is 0. The first kappa shape index (κ1) is 15.8. The first-order chi connectivity index (χ1) is 9.91. The van der Waals surface area contributed by atoms with Crippen LogP contribution in [0.15, 0.2) is 48.5 Å². The van der Waals surface area contributed by atoms with Gasteiger partial charge in [-0.3, -0.25) is 0 Å². The van der Waals surface area contributed by atoms with Crippen molar-refractivity contribution in [3.05, 3.63) is 70.8 Å². The Kier molecular flexibility index (Phi) is 4.84. The van der Waals surface area contributed by atoms with E-state index in [1.165, 1.54) is 22.3 Å². The highest BCUT2D eigenvalue weighted by Gasteiger charge is 2.15.